The van der Waals surface area contributed by atoms with Crippen LogP contribution < -0.4 is 0 Å². The molecule has 3 nitrogen and oxygen atoms in total. The second-order valence-electron chi connectivity index (χ2n) is 6.94. The maximum Gasteiger partial charge on any atom is 0.115 e. The molecule has 25 heavy (non-hydrogen) atoms. The number of halogens is 1. The lowest BCUT2D eigenvalue weighted by molar-refractivity contribution is 0.180. The SMILES string of the molecule is Cl.Oc1cccc(CCN(CCc2cccc(O)c2)CC2CCC2)c1. The zero-order chi connectivity index (χ0) is 16.8. The molecule has 4 heteroatoms. The van der Waals surface area contributed by atoms with Gasteiger partial charge in [0.1, 0.15) is 11.5 Å². The molecule has 136 valence electrons. The highest BCUT2D eigenvalue weighted by Crippen LogP contribution is 2.27. The van der Waals surface area contributed by atoms with Crippen LogP contribution >= 0.6 is 12.4 Å². The van der Waals surface area contributed by atoms with Crippen LogP contribution in [0.5, 0.6) is 11.5 Å². The number of nitrogens with zero attached hydrogens (tertiary/aromatic N) is 1. The minimum absolute atomic E-state index is 0. The summed E-state index contributed by atoms with van der Waals surface area (Å²) in [6, 6.07) is 15.1. The van der Waals surface area contributed by atoms with Crippen LogP contribution in [0.2, 0.25) is 0 Å². The van der Waals surface area contributed by atoms with Gasteiger partial charge in [0.2, 0.25) is 0 Å². The maximum absolute atomic E-state index is 9.61. The summed E-state index contributed by atoms with van der Waals surface area (Å²) in [4.78, 5) is 2.54. The van der Waals surface area contributed by atoms with Crippen LogP contribution in [0.4, 0.5) is 0 Å². The molecule has 2 aromatic carbocycles. The van der Waals surface area contributed by atoms with Gasteiger partial charge in [-0.1, -0.05) is 30.7 Å². The van der Waals surface area contributed by atoms with E-state index in [2.05, 4.69) is 17.0 Å². The first kappa shape index (κ1) is 19.6. The molecule has 2 aromatic rings. The third kappa shape index (κ3) is 6.26. The predicted octanol–water partition coefficient (Wildman–Crippen LogP) is 4.41. The van der Waals surface area contributed by atoms with E-state index in [-0.39, 0.29) is 12.4 Å². The van der Waals surface area contributed by atoms with Crippen LogP contribution in [0, 0.1) is 5.92 Å². The summed E-state index contributed by atoms with van der Waals surface area (Å²) in [5.74, 6) is 1.54. The molecule has 0 saturated heterocycles. The highest BCUT2D eigenvalue weighted by Gasteiger charge is 2.20. The molecule has 0 bridgehead atoms. The molecule has 1 fully saturated rings. The first-order valence-electron chi connectivity index (χ1n) is 8.97. The van der Waals surface area contributed by atoms with Crippen LogP contribution in [0.25, 0.3) is 0 Å². The Bertz CT molecular complexity index is 608. The standard InChI is InChI=1S/C21H27NO2.ClH/c23-20-8-2-4-17(14-20)10-12-22(16-19-6-1-7-19)13-11-18-5-3-9-21(24)15-18;/h2-5,8-9,14-15,19,23-24H,1,6-7,10-13,16H2;1H. The van der Waals surface area contributed by atoms with Gasteiger partial charge in [-0.15, -0.1) is 12.4 Å². The average molecular weight is 362 g/mol. The van der Waals surface area contributed by atoms with E-state index < -0.39 is 0 Å². The Labute approximate surface area is 156 Å². The smallest absolute Gasteiger partial charge is 0.115 e. The lowest BCUT2D eigenvalue weighted by Gasteiger charge is -2.32. The van der Waals surface area contributed by atoms with Crippen molar-refractivity contribution in [1.29, 1.82) is 0 Å². The van der Waals surface area contributed by atoms with Gasteiger partial charge < -0.3 is 15.1 Å². The molecule has 1 aliphatic rings. The van der Waals surface area contributed by atoms with Gasteiger partial charge in [0.15, 0.2) is 0 Å². The molecule has 3 rings (SSSR count). The monoisotopic (exact) mass is 361 g/mol. The Morgan fingerprint density at radius 3 is 1.76 bits per heavy atom. The molecular weight excluding hydrogens is 334 g/mol. The number of hydrogen-bond donors (Lipinski definition) is 2. The number of phenolic OH excluding ortho intramolecular Hbond substituents is 2. The summed E-state index contributed by atoms with van der Waals surface area (Å²) in [6.45, 7) is 3.19. The summed E-state index contributed by atoms with van der Waals surface area (Å²) in [7, 11) is 0. The van der Waals surface area contributed by atoms with Gasteiger partial charge in [0.25, 0.3) is 0 Å². The summed E-state index contributed by atoms with van der Waals surface area (Å²) in [5, 5.41) is 19.2. The minimum Gasteiger partial charge on any atom is -0.508 e. The number of hydrogen-bond acceptors (Lipinski definition) is 3. The minimum atomic E-state index is 0. The summed E-state index contributed by atoms with van der Waals surface area (Å²) < 4.78 is 0. The van der Waals surface area contributed by atoms with E-state index in [1.54, 1.807) is 12.1 Å². The van der Waals surface area contributed by atoms with Gasteiger partial charge in [0.05, 0.1) is 0 Å². The van der Waals surface area contributed by atoms with Gasteiger partial charge >= 0.3 is 0 Å². The van der Waals surface area contributed by atoms with Gasteiger partial charge in [-0.05, 0) is 67.0 Å². The normalized spacial score (nSPS) is 14.1. The molecular formula is C21H28ClNO2. The van der Waals surface area contributed by atoms with Crippen molar-refractivity contribution >= 4 is 12.4 Å². The quantitative estimate of drug-likeness (QED) is 0.732. The molecule has 0 aromatic heterocycles. The van der Waals surface area contributed by atoms with Crippen molar-refractivity contribution in [3.8, 4) is 11.5 Å². The van der Waals surface area contributed by atoms with Crippen molar-refractivity contribution in [2.24, 2.45) is 5.92 Å². The van der Waals surface area contributed by atoms with Gasteiger partial charge in [-0.2, -0.15) is 0 Å². The number of phenols is 2. The Kier molecular flexibility index (Phi) is 7.60. The van der Waals surface area contributed by atoms with Crippen LogP contribution in [0.3, 0.4) is 0 Å². The van der Waals surface area contributed by atoms with E-state index in [9.17, 15) is 10.2 Å². The molecule has 0 unspecified atom stereocenters. The lowest BCUT2D eigenvalue weighted by Crippen LogP contribution is -2.35. The Hall–Kier alpha value is -1.71. The Morgan fingerprint density at radius 1 is 0.840 bits per heavy atom. The third-order valence-corrected chi connectivity index (χ3v) is 5.00. The molecule has 0 aliphatic heterocycles. The van der Waals surface area contributed by atoms with Crippen molar-refractivity contribution in [2.75, 3.05) is 19.6 Å². The molecule has 0 atom stereocenters. The highest BCUT2D eigenvalue weighted by atomic mass is 35.5. The number of rotatable bonds is 8. The van der Waals surface area contributed by atoms with E-state index >= 15 is 0 Å². The van der Waals surface area contributed by atoms with Crippen LogP contribution in [-0.2, 0) is 12.8 Å². The summed E-state index contributed by atoms with van der Waals surface area (Å²) in [6.07, 6.45) is 6.00. The van der Waals surface area contributed by atoms with E-state index in [1.807, 2.05) is 24.3 Å². The van der Waals surface area contributed by atoms with Crippen LogP contribution in [0.1, 0.15) is 30.4 Å². The molecule has 0 radical (unpaired) electrons. The highest BCUT2D eigenvalue weighted by molar-refractivity contribution is 5.85. The van der Waals surface area contributed by atoms with Gasteiger partial charge in [-0.3, -0.25) is 0 Å². The Morgan fingerprint density at radius 2 is 1.36 bits per heavy atom. The zero-order valence-electron chi connectivity index (χ0n) is 14.6. The van der Waals surface area contributed by atoms with E-state index in [0.29, 0.717) is 11.5 Å². The fourth-order valence-electron chi connectivity index (χ4n) is 3.33. The fraction of sp³-hybridized carbons (Fsp3) is 0.429. The van der Waals surface area contributed by atoms with Crippen molar-refractivity contribution in [3.63, 3.8) is 0 Å². The number of benzene rings is 2. The fourth-order valence-corrected chi connectivity index (χ4v) is 3.33. The van der Waals surface area contributed by atoms with Crippen LogP contribution in [-0.4, -0.2) is 34.7 Å². The average Bonchev–Trinajstić information content (AvgIpc) is 2.52. The maximum atomic E-state index is 9.61. The predicted molar refractivity (Wildman–Crippen MR) is 105 cm³/mol. The van der Waals surface area contributed by atoms with Crippen molar-refractivity contribution in [1.82, 2.24) is 4.90 Å². The summed E-state index contributed by atoms with van der Waals surface area (Å²) in [5.41, 5.74) is 2.37. The van der Waals surface area contributed by atoms with Crippen LogP contribution in [0.15, 0.2) is 48.5 Å². The van der Waals surface area contributed by atoms with E-state index in [1.165, 1.54) is 30.4 Å². The topological polar surface area (TPSA) is 43.7 Å². The number of aromatic hydroxyl groups is 2. The molecule has 0 amide bonds. The molecule has 2 N–H and O–H groups in total. The first-order chi connectivity index (χ1) is 11.7. The molecule has 1 saturated carbocycles. The van der Waals surface area contributed by atoms with Crippen molar-refractivity contribution in [3.05, 3.63) is 59.7 Å². The van der Waals surface area contributed by atoms with Gasteiger partial charge in [-0.25, -0.2) is 0 Å². The lowest BCUT2D eigenvalue weighted by atomic mass is 9.85. The molecule has 1 aliphatic carbocycles. The molecule has 0 spiro atoms. The largest absolute Gasteiger partial charge is 0.508 e. The molecule has 0 heterocycles. The zero-order valence-corrected chi connectivity index (χ0v) is 15.4. The van der Waals surface area contributed by atoms with E-state index in [4.69, 9.17) is 0 Å². The van der Waals surface area contributed by atoms with Crippen molar-refractivity contribution in [2.45, 2.75) is 32.1 Å². The van der Waals surface area contributed by atoms with Crippen molar-refractivity contribution < 1.29 is 10.2 Å². The summed E-state index contributed by atoms with van der Waals surface area (Å²) >= 11 is 0. The third-order valence-electron chi connectivity index (χ3n) is 5.00. The second-order valence-corrected chi connectivity index (χ2v) is 6.94. The second kappa shape index (κ2) is 9.69. The first-order valence-corrected chi connectivity index (χ1v) is 8.97. The Balaban J connectivity index is 0.00000225. The van der Waals surface area contributed by atoms with E-state index in [0.717, 1.165) is 38.4 Å². The van der Waals surface area contributed by atoms with Gasteiger partial charge in [0, 0.05) is 19.6 Å².